The zero-order chi connectivity index (χ0) is 19.8. The fraction of sp³-hybridized carbons (Fsp3) is 0.471. The molecule has 0 aliphatic heterocycles. The van der Waals surface area contributed by atoms with Gasteiger partial charge in [0.25, 0.3) is 0 Å². The van der Waals surface area contributed by atoms with Gasteiger partial charge in [-0.2, -0.15) is 5.26 Å². The number of ether oxygens (including phenoxy) is 1. The second kappa shape index (κ2) is 9.20. The molecule has 1 N–H and O–H groups in total. The molecule has 8 nitrogen and oxygen atoms in total. The van der Waals surface area contributed by atoms with E-state index >= 15 is 0 Å². The molecular weight excluding hydrogens is 358 g/mol. The molecule has 0 heterocycles. The highest BCUT2D eigenvalue weighted by molar-refractivity contribution is 7.90. The normalized spacial score (nSPS) is 11.3. The number of imide groups is 1. The van der Waals surface area contributed by atoms with Crippen molar-refractivity contribution in [2.45, 2.75) is 32.1 Å². The Kier molecular flexibility index (Phi) is 7.58. The molecular formula is C17H23N3O5S. The number of hydrogen-bond acceptors (Lipinski definition) is 6. The van der Waals surface area contributed by atoms with Crippen molar-refractivity contribution in [3.8, 4) is 6.07 Å². The highest BCUT2D eigenvalue weighted by Crippen LogP contribution is 2.11. The molecule has 0 saturated carbocycles. The van der Waals surface area contributed by atoms with Gasteiger partial charge in [-0.1, -0.05) is 30.3 Å². The minimum absolute atomic E-state index is 0.199. The number of carbonyl (C=O) groups excluding carboxylic acids is 2. The number of benzene rings is 1. The predicted octanol–water partition coefficient (Wildman–Crippen LogP) is 2.07. The van der Waals surface area contributed by atoms with Crippen LogP contribution < -0.4 is 5.32 Å². The lowest BCUT2D eigenvalue weighted by Gasteiger charge is -2.26. The van der Waals surface area contributed by atoms with E-state index in [1.165, 1.54) is 0 Å². The first-order valence-corrected chi connectivity index (χ1v) is 9.76. The zero-order valence-electron chi connectivity index (χ0n) is 15.1. The van der Waals surface area contributed by atoms with Crippen molar-refractivity contribution in [3.05, 3.63) is 35.9 Å². The second-order valence-corrected chi connectivity index (χ2v) is 8.71. The van der Waals surface area contributed by atoms with Crippen molar-refractivity contribution in [2.24, 2.45) is 0 Å². The van der Waals surface area contributed by atoms with E-state index in [0.717, 1.165) is 0 Å². The third-order valence-corrected chi connectivity index (χ3v) is 4.61. The molecule has 0 atom stereocenters. The number of hydrogen-bond donors (Lipinski definition) is 1. The molecule has 0 spiro atoms. The van der Waals surface area contributed by atoms with E-state index in [4.69, 9.17) is 10.00 Å². The number of nitrogens with zero attached hydrogens (tertiary/aromatic N) is 2. The van der Waals surface area contributed by atoms with Crippen LogP contribution in [0.15, 0.2) is 30.3 Å². The van der Waals surface area contributed by atoms with Gasteiger partial charge in [0, 0.05) is 6.54 Å². The molecule has 0 bridgehead atoms. The van der Waals surface area contributed by atoms with Crippen LogP contribution in [-0.4, -0.2) is 49.9 Å². The number of amides is 3. The number of nitriles is 1. The van der Waals surface area contributed by atoms with Gasteiger partial charge in [-0.05, 0) is 26.3 Å². The molecule has 1 aromatic carbocycles. The van der Waals surface area contributed by atoms with Crippen LogP contribution in [-0.2, 0) is 20.3 Å². The molecule has 1 aromatic rings. The van der Waals surface area contributed by atoms with E-state index in [2.05, 4.69) is 5.32 Å². The first kappa shape index (κ1) is 21.4. The van der Waals surface area contributed by atoms with Crippen LogP contribution in [0, 0.1) is 11.3 Å². The molecule has 0 radical (unpaired) electrons. The first-order chi connectivity index (χ1) is 12.0. The van der Waals surface area contributed by atoms with Crippen molar-refractivity contribution >= 4 is 22.0 Å². The average Bonchev–Trinajstić information content (AvgIpc) is 2.51. The minimum Gasteiger partial charge on any atom is -0.443 e. The summed E-state index contributed by atoms with van der Waals surface area (Å²) >= 11 is 0. The molecule has 0 aliphatic carbocycles. The molecule has 9 heteroatoms. The number of sulfone groups is 1. The van der Waals surface area contributed by atoms with E-state index in [-0.39, 0.29) is 18.8 Å². The lowest BCUT2D eigenvalue weighted by molar-refractivity contribution is 0.0331. The molecule has 142 valence electrons. The third-order valence-electron chi connectivity index (χ3n) is 3.03. The predicted molar refractivity (Wildman–Crippen MR) is 95.9 cm³/mol. The monoisotopic (exact) mass is 381 g/mol. The largest absolute Gasteiger partial charge is 0.443 e. The van der Waals surface area contributed by atoms with Gasteiger partial charge < -0.3 is 10.1 Å². The summed E-state index contributed by atoms with van der Waals surface area (Å²) in [6, 6.07) is 9.44. The smallest absolute Gasteiger partial charge is 0.418 e. The van der Waals surface area contributed by atoms with Gasteiger partial charge in [-0.25, -0.2) is 22.9 Å². The van der Waals surface area contributed by atoms with Crippen molar-refractivity contribution < 1.29 is 22.7 Å². The van der Waals surface area contributed by atoms with Crippen molar-refractivity contribution in [3.63, 3.8) is 0 Å². The Labute approximate surface area is 153 Å². The van der Waals surface area contributed by atoms with Gasteiger partial charge in [0.15, 0.2) is 9.84 Å². The Hall–Kier alpha value is -2.60. The second-order valence-electron chi connectivity index (χ2n) is 6.53. The highest BCUT2D eigenvalue weighted by atomic mass is 32.2. The van der Waals surface area contributed by atoms with Crippen molar-refractivity contribution in [1.29, 1.82) is 5.26 Å². The van der Waals surface area contributed by atoms with Gasteiger partial charge in [0.1, 0.15) is 12.1 Å². The molecule has 0 saturated heterocycles. The van der Waals surface area contributed by atoms with Crippen molar-refractivity contribution in [2.75, 3.05) is 18.8 Å². The van der Waals surface area contributed by atoms with Gasteiger partial charge in [-0.15, -0.1) is 0 Å². The summed E-state index contributed by atoms with van der Waals surface area (Å²) in [5.74, 6) is -0.614. The van der Waals surface area contributed by atoms with E-state index in [1.54, 1.807) is 57.2 Å². The van der Waals surface area contributed by atoms with E-state index in [0.29, 0.717) is 10.5 Å². The lowest BCUT2D eigenvalue weighted by atomic mass is 10.2. The Morgan fingerprint density at radius 3 is 2.38 bits per heavy atom. The lowest BCUT2D eigenvalue weighted by Crippen LogP contribution is -2.48. The van der Waals surface area contributed by atoms with E-state index < -0.39 is 33.3 Å². The summed E-state index contributed by atoms with van der Waals surface area (Å²) in [6.07, 6.45) is -0.970. The van der Waals surface area contributed by atoms with Crippen LogP contribution in [0.5, 0.6) is 0 Å². The summed E-state index contributed by atoms with van der Waals surface area (Å²) in [5.41, 5.74) is -0.237. The molecule has 0 aromatic heterocycles. The standard InChI is InChI=1S/C17H23N3O5S/c1-17(2,3)25-16(22)20(15(21)19-10-9-18)11-12-26(23,24)13-14-7-5-4-6-8-14/h4-8H,10-13H2,1-3H3,(H,19,21). The molecule has 26 heavy (non-hydrogen) atoms. The SMILES string of the molecule is CC(C)(C)OC(=O)N(CCS(=O)(=O)Cc1ccccc1)C(=O)NCC#N. The van der Waals surface area contributed by atoms with Crippen LogP contribution in [0.25, 0.3) is 0 Å². The summed E-state index contributed by atoms with van der Waals surface area (Å²) in [5, 5.41) is 10.8. The van der Waals surface area contributed by atoms with Crippen LogP contribution >= 0.6 is 0 Å². The Morgan fingerprint density at radius 2 is 1.85 bits per heavy atom. The van der Waals surface area contributed by atoms with Gasteiger partial charge >= 0.3 is 12.1 Å². The number of carbonyl (C=O) groups is 2. The first-order valence-electron chi connectivity index (χ1n) is 7.94. The topological polar surface area (TPSA) is 117 Å². The van der Waals surface area contributed by atoms with Gasteiger partial charge in [0.2, 0.25) is 0 Å². The molecule has 3 amide bonds. The van der Waals surface area contributed by atoms with E-state index in [1.807, 2.05) is 0 Å². The maximum atomic E-state index is 12.3. The summed E-state index contributed by atoms with van der Waals surface area (Å²) in [4.78, 5) is 24.9. The fourth-order valence-electron chi connectivity index (χ4n) is 1.93. The Morgan fingerprint density at radius 1 is 1.23 bits per heavy atom. The Bertz CT molecular complexity index is 764. The average molecular weight is 381 g/mol. The van der Waals surface area contributed by atoms with Gasteiger partial charge in [0.05, 0.1) is 17.6 Å². The van der Waals surface area contributed by atoms with Gasteiger partial charge in [-0.3, -0.25) is 0 Å². The van der Waals surface area contributed by atoms with Crippen LogP contribution in [0.1, 0.15) is 26.3 Å². The maximum Gasteiger partial charge on any atom is 0.418 e. The molecule has 0 unspecified atom stereocenters. The fourth-order valence-corrected chi connectivity index (χ4v) is 3.24. The number of rotatable bonds is 6. The Balaban J connectivity index is 2.82. The molecule has 1 rings (SSSR count). The summed E-state index contributed by atoms with van der Waals surface area (Å²) in [6.45, 7) is 4.20. The molecule has 0 aliphatic rings. The third kappa shape index (κ3) is 7.98. The minimum atomic E-state index is -3.56. The number of nitrogens with one attached hydrogen (secondary N) is 1. The maximum absolute atomic E-state index is 12.3. The van der Waals surface area contributed by atoms with Crippen molar-refractivity contribution in [1.82, 2.24) is 10.2 Å². The van der Waals surface area contributed by atoms with Crippen LogP contribution in [0.2, 0.25) is 0 Å². The summed E-state index contributed by atoms with van der Waals surface area (Å²) in [7, 11) is -3.56. The van der Waals surface area contributed by atoms with Crippen LogP contribution in [0.4, 0.5) is 9.59 Å². The van der Waals surface area contributed by atoms with Crippen LogP contribution in [0.3, 0.4) is 0 Å². The zero-order valence-corrected chi connectivity index (χ0v) is 15.9. The van der Waals surface area contributed by atoms with E-state index in [9.17, 15) is 18.0 Å². The summed E-state index contributed by atoms with van der Waals surface area (Å²) < 4.78 is 29.7. The highest BCUT2D eigenvalue weighted by Gasteiger charge is 2.28. The number of urea groups is 1. The quantitative estimate of drug-likeness (QED) is 0.754. The molecule has 0 fully saturated rings.